The van der Waals surface area contributed by atoms with Gasteiger partial charge in [0.25, 0.3) is 0 Å². The average molecular weight is 625 g/mol. The molecule has 0 bridgehead atoms. The third-order valence-electron chi connectivity index (χ3n) is 6.04. The van der Waals surface area contributed by atoms with Gasteiger partial charge in [0.15, 0.2) is 0 Å². The molecular formula is C33H20F6O4P-. The fourth-order valence-electron chi connectivity index (χ4n) is 4.15. The van der Waals surface area contributed by atoms with Gasteiger partial charge in [0.2, 0.25) is 0 Å². The van der Waals surface area contributed by atoms with Crippen molar-refractivity contribution in [1.29, 1.82) is 0 Å². The lowest BCUT2D eigenvalue weighted by Crippen LogP contribution is -2.27. The van der Waals surface area contributed by atoms with Crippen LogP contribution in [0.2, 0.25) is 0 Å². The Hall–Kier alpha value is -4.79. The topological polar surface area (TPSA) is 50.8 Å². The first-order valence-corrected chi connectivity index (χ1v) is 13.8. The maximum absolute atomic E-state index is 13.9. The Morgan fingerprint density at radius 3 is 1.27 bits per heavy atom. The summed E-state index contributed by atoms with van der Waals surface area (Å²) in [7, 11) is -0.576. The maximum atomic E-state index is 13.9. The average Bonchev–Trinajstić information content (AvgIpc) is 2.99. The lowest BCUT2D eigenvalue weighted by Gasteiger charge is -2.24. The van der Waals surface area contributed by atoms with Crippen LogP contribution in [-0.4, -0.2) is 5.48 Å². The Morgan fingerprint density at radius 1 is 0.500 bits per heavy atom. The van der Waals surface area contributed by atoms with Crippen LogP contribution in [0.1, 0.15) is 16.7 Å². The third kappa shape index (κ3) is 7.40. The molecule has 44 heavy (non-hydrogen) atoms. The molecule has 0 amide bonds. The predicted molar refractivity (Wildman–Crippen MR) is 153 cm³/mol. The highest BCUT2D eigenvalue weighted by atomic mass is 31.1. The highest BCUT2D eigenvalue weighted by Crippen LogP contribution is 2.41. The highest BCUT2D eigenvalue weighted by molar-refractivity contribution is 7.49. The van der Waals surface area contributed by atoms with E-state index in [0.717, 1.165) is 0 Å². The molecule has 0 atom stereocenters. The van der Waals surface area contributed by atoms with Gasteiger partial charge in [-0.3, -0.25) is 0 Å². The van der Waals surface area contributed by atoms with Crippen molar-refractivity contribution in [1.82, 2.24) is 0 Å². The quantitative estimate of drug-likeness (QED) is 0.128. The molecule has 5 aromatic rings. The van der Waals surface area contributed by atoms with E-state index in [9.17, 15) is 31.4 Å². The lowest BCUT2D eigenvalue weighted by molar-refractivity contribution is -0.209. The summed E-state index contributed by atoms with van der Waals surface area (Å²) in [6.45, 7) is 0. The number of hydrogen-bond donors (Lipinski definition) is 0. The molecule has 0 heterocycles. The molecule has 4 nitrogen and oxygen atoms in total. The molecule has 0 aliphatic rings. The van der Waals surface area contributed by atoms with E-state index in [-0.39, 0.29) is 34.1 Å². The zero-order valence-electron chi connectivity index (χ0n) is 22.4. The van der Waals surface area contributed by atoms with Gasteiger partial charge in [0.1, 0.15) is 34.5 Å². The Kier molecular flexibility index (Phi) is 8.94. The van der Waals surface area contributed by atoms with Crippen molar-refractivity contribution in [3.8, 4) is 34.5 Å². The molecular weight excluding hydrogens is 605 g/mol. The largest absolute Gasteiger partial charge is 0.823 e. The van der Waals surface area contributed by atoms with Crippen molar-refractivity contribution in [3.63, 3.8) is 0 Å². The van der Waals surface area contributed by atoms with E-state index in [0.29, 0.717) is 23.9 Å². The van der Waals surface area contributed by atoms with Crippen LogP contribution in [0.15, 0.2) is 121 Å². The molecule has 0 unspecified atom stereocenters. The van der Waals surface area contributed by atoms with Gasteiger partial charge in [0.05, 0.1) is 16.4 Å². The van der Waals surface area contributed by atoms with Crippen molar-refractivity contribution in [2.45, 2.75) is 12.4 Å². The highest BCUT2D eigenvalue weighted by Gasteiger charge is 2.40. The number of para-hydroxylation sites is 3. The minimum absolute atomic E-state index is 0.0800. The van der Waals surface area contributed by atoms with Crippen LogP contribution in [0.25, 0.3) is 0 Å². The third-order valence-corrected chi connectivity index (χ3v) is 7.13. The first kappa shape index (κ1) is 30.7. The summed E-state index contributed by atoms with van der Waals surface area (Å²) >= 11 is 0. The van der Waals surface area contributed by atoms with Crippen LogP contribution in [-0.2, 0) is 12.4 Å². The van der Waals surface area contributed by atoms with Gasteiger partial charge in [-0.2, -0.15) is 26.3 Å². The van der Waals surface area contributed by atoms with E-state index >= 15 is 0 Å². The number of halogens is 6. The number of benzene rings is 5. The van der Waals surface area contributed by atoms with Gasteiger partial charge in [-0.25, -0.2) is 0 Å². The molecule has 5 aromatic carbocycles. The molecule has 0 N–H and O–H groups in total. The molecule has 0 aromatic heterocycles. The van der Waals surface area contributed by atoms with Crippen LogP contribution < -0.4 is 24.6 Å². The summed E-state index contributed by atoms with van der Waals surface area (Å²) in [6.07, 6.45) is -10.5. The molecule has 224 valence electrons. The van der Waals surface area contributed by atoms with Crippen LogP contribution in [0.3, 0.4) is 0 Å². The molecule has 0 aliphatic carbocycles. The summed E-state index contributed by atoms with van der Waals surface area (Å²) in [5, 5.41) is 13.5. The van der Waals surface area contributed by atoms with Crippen LogP contribution in [0, 0.1) is 0 Å². The van der Waals surface area contributed by atoms with Crippen LogP contribution >= 0.6 is 8.20 Å². The van der Waals surface area contributed by atoms with Crippen LogP contribution in [0.5, 0.6) is 34.5 Å². The van der Waals surface area contributed by atoms with Gasteiger partial charge in [-0.05, 0) is 54.1 Å². The lowest BCUT2D eigenvalue weighted by atomic mass is 10.0. The van der Waals surface area contributed by atoms with Gasteiger partial charge in [0, 0.05) is 12.1 Å². The molecule has 0 saturated carbocycles. The zero-order valence-corrected chi connectivity index (χ0v) is 23.3. The summed E-state index contributed by atoms with van der Waals surface area (Å²) in [5.74, 6) is 1.01. The first-order chi connectivity index (χ1) is 21.0. The molecule has 0 saturated heterocycles. The monoisotopic (exact) mass is 625 g/mol. The smallest absolute Gasteiger partial charge is 0.416 e. The molecule has 0 spiro atoms. The van der Waals surface area contributed by atoms with E-state index in [1.165, 1.54) is 12.1 Å². The number of ether oxygens (including phenoxy) is 3. The van der Waals surface area contributed by atoms with Gasteiger partial charge in [-0.15, -0.1) is 5.48 Å². The first-order valence-electron chi connectivity index (χ1n) is 12.9. The second-order valence-electron chi connectivity index (χ2n) is 9.15. The van der Waals surface area contributed by atoms with Crippen molar-refractivity contribution < 1.29 is 45.7 Å². The number of alkyl halides is 6. The van der Waals surface area contributed by atoms with Gasteiger partial charge >= 0.3 is 12.4 Å². The Morgan fingerprint density at radius 2 is 0.886 bits per heavy atom. The van der Waals surface area contributed by atoms with E-state index in [4.69, 9.17) is 14.2 Å². The summed E-state index contributed by atoms with van der Waals surface area (Å²) < 4.78 is 102. The van der Waals surface area contributed by atoms with E-state index in [1.807, 2.05) is 0 Å². The predicted octanol–water partition coefficient (Wildman–Crippen LogP) is 9.21. The summed E-state index contributed by atoms with van der Waals surface area (Å²) in [5.41, 5.74) is -6.37. The van der Waals surface area contributed by atoms with Crippen molar-refractivity contribution in [2.75, 3.05) is 0 Å². The van der Waals surface area contributed by atoms with Gasteiger partial charge < -0.3 is 19.3 Å². The zero-order chi connectivity index (χ0) is 31.3. The standard InChI is InChI=1S/C33H21F6O4P/c34-32(35,36)25-17-10-18-26(33(37,38)39)29(25)31(40)44-30-27(42-22-13-6-2-7-14-22)19-24(41-21-11-4-1-5-12-21)20-28(30)43-23-15-8-3-9-16-23/h1-20,40H/p-1. The van der Waals surface area contributed by atoms with Crippen molar-refractivity contribution >= 4 is 19.0 Å². The minimum Gasteiger partial charge on any atom is -0.823 e. The van der Waals surface area contributed by atoms with E-state index in [1.54, 1.807) is 91.0 Å². The van der Waals surface area contributed by atoms with Crippen LogP contribution in [0.4, 0.5) is 26.3 Å². The maximum Gasteiger partial charge on any atom is 0.416 e. The molecule has 0 radical (unpaired) electrons. The van der Waals surface area contributed by atoms with Crippen molar-refractivity contribution in [3.05, 3.63) is 138 Å². The fraction of sp³-hybridized carbons (Fsp3) is 0.0606. The number of hydrogen-bond acceptors (Lipinski definition) is 4. The Labute approximate surface area is 249 Å². The van der Waals surface area contributed by atoms with Crippen molar-refractivity contribution in [2.24, 2.45) is 0 Å². The second kappa shape index (κ2) is 12.8. The SMILES string of the molecule is [O-]C(=Pc1c(Oc2ccccc2)cc(Oc2ccccc2)cc1Oc1ccccc1)c1c(C(F)(F)F)cccc1C(F)(F)F. The Balaban J connectivity index is 1.75. The summed E-state index contributed by atoms with van der Waals surface area (Å²) in [4.78, 5) is 0. The van der Waals surface area contributed by atoms with E-state index in [2.05, 4.69) is 0 Å². The Bertz CT molecular complexity index is 1660. The number of rotatable bonds is 8. The summed E-state index contributed by atoms with van der Waals surface area (Å²) in [6, 6.07) is 29.3. The van der Waals surface area contributed by atoms with Gasteiger partial charge in [-0.1, -0.05) is 68.9 Å². The molecule has 11 heteroatoms. The molecule has 0 aliphatic heterocycles. The normalized spacial score (nSPS) is 12.1. The second-order valence-corrected chi connectivity index (χ2v) is 10.2. The molecule has 0 fully saturated rings. The minimum atomic E-state index is -5.23. The van der Waals surface area contributed by atoms with E-state index < -0.39 is 42.7 Å². The molecule has 5 rings (SSSR count). The fourth-order valence-corrected chi connectivity index (χ4v) is 5.15.